The van der Waals surface area contributed by atoms with E-state index >= 15 is 0 Å². The Morgan fingerprint density at radius 2 is 2.31 bits per heavy atom. The number of nitrogens with one attached hydrogen (secondary N) is 2. The molecule has 1 aliphatic rings. The molecule has 4 heteroatoms. The van der Waals surface area contributed by atoms with E-state index < -0.39 is 0 Å². The summed E-state index contributed by atoms with van der Waals surface area (Å²) in [6.45, 7) is 3.23. The highest BCUT2D eigenvalue weighted by molar-refractivity contribution is 7.99. The zero-order valence-electron chi connectivity index (χ0n) is 9.96. The highest BCUT2D eigenvalue weighted by Gasteiger charge is 2.12. The van der Waals surface area contributed by atoms with Crippen LogP contribution in [0.25, 0.3) is 0 Å². The minimum Gasteiger partial charge on any atom is -0.314 e. The first-order chi connectivity index (χ1) is 7.86. The van der Waals surface area contributed by atoms with Gasteiger partial charge in [0.2, 0.25) is 0 Å². The van der Waals surface area contributed by atoms with Crippen molar-refractivity contribution in [3.8, 4) is 0 Å². The Hall–Kier alpha value is -0.480. The summed E-state index contributed by atoms with van der Waals surface area (Å²) in [5.41, 5.74) is 2.58. The molecule has 2 heterocycles. The second kappa shape index (κ2) is 6.30. The van der Waals surface area contributed by atoms with E-state index in [0.29, 0.717) is 0 Å². The predicted molar refractivity (Wildman–Crippen MR) is 70.0 cm³/mol. The molecular weight excluding hydrogens is 218 g/mol. The maximum atomic E-state index is 4.04. The standard InChI is InChI=1S/C12H21N3S/c1-10-11(9-14-15-10)3-2-6-13-12-4-7-16-8-5-12/h9,12-13H,2-8H2,1H3,(H,14,15). The van der Waals surface area contributed by atoms with Crippen LogP contribution in [0.2, 0.25) is 0 Å². The first-order valence-corrected chi connectivity index (χ1v) is 7.31. The molecule has 0 aromatic carbocycles. The molecule has 0 unspecified atom stereocenters. The zero-order chi connectivity index (χ0) is 11.2. The Bertz CT molecular complexity index is 305. The number of hydrogen-bond donors (Lipinski definition) is 2. The lowest BCUT2D eigenvalue weighted by Gasteiger charge is -2.22. The van der Waals surface area contributed by atoms with Crippen molar-refractivity contribution in [2.24, 2.45) is 0 Å². The molecular formula is C12H21N3S. The molecule has 0 radical (unpaired) electrons. The van der Waals surface area contributed by atoms with Crippen molar-refractivity contribution in [2.75, 3.05) is 18.1 Å². The Balaban J connectivity index is 1.59. The lowest BCUT2D eigenvalue weighted by atomic mass is 10.1. The van der Waals surface area contributed by atoms with Gasteiger partial charge in [-0.25, -0.2) is 0 Å². The van der Waals surface area contributed by atoms with Gasteiger partial charge in [0.05, 0.1) is 6.20 Å². The smallest absolute Gasteiger partial charge is 0.0522 e. The molecule has 1 aromatic rings. The second-order valence-electron chi connectivity index (χ2n) is 4.46. The molecule has 1 aromatic heterocycles. The Labute approximate surface area is 102 Å². The first-order valence-electron chi connectivity index (χ1n) is 6.16. The molecule has 1 saturated heterocycles. The average molecular weight is 239 g/mol. The second-order valence-corrected chi connectivity index (χ2v) is 5.69. The molecule has 90 valence electrons. The monoisotopic (exact) mass is 239 g/mol. The highest BCUT2D eigenvalue weighted by Crippen LogP contribution is 2.16. The van der Waals surface area contributed by atoms with Gasteiger partial charge in [0.25, 0.3) is 0 Å². The van der Waals surface area contributed by atoms with E-state index in [1.807, 2.05) is 6.20 Å². The molecule has 16 heavy (non-hydrogen) atoms. The van der Waals surface area contributed by atoms with E-state index in [-0.39, 0.29) is 0 Å². The molecule has 0 aliphatic carbocycles. The summed E-state index contributed by atoms with van der Waals surface area (Å²) in [6, 6.07) is 0.770. The molecule has 2 N–H and O–H groups in total. The van der Waals surface area contributed by atoms with Crippen LogP contribution in [0.3, 0.4) is 0 Å². The quantitative estimate of drug-likeness (QED) is 0.773. The van der Waals surface area contributed by atoms with Gasteiger partial charge in [-0.15, -0.1) is 0 Å². The van der Waals surface area contributed by atoms with E-state index in [9.17, 15) is 0 Å². The van der Waals surface area contributed by atoms with Crippen LogP contribution in [0.4, 0.5) is 0 Å². The Kier molecular flexibility index (Phi) is 4.72. The third-order valence-electron chi connectivity index (χ3n) is 3.21. The predicted octanol–water partition coefficient (Wildman–Crippen LogP) is 2.14. The first kappa shape index (κ1) is 12.0. The van der Waals surface area contributed by atoms with Crippen molar-refractivity contribution in [1.29, 1.82) is 0 Å². The molecule has 1 aliphatic heterocycles. The average Bonchev–Trinajstić information content (AvgIpc) is 2.72. The lowest BCUT2D eigenvalue weighted by Crippen LogP contribution is -2.33. The van der Waals surface area contributed by atoms with Gasteiger partial charge in [0, 0.05) is 11.7 Å². The van der Waals surface area contributed by atoms with Crippen molar-refractivity contribution in [3.63, 3.8) is 0 Å². The fourth-order valence-corrected chi connectivity index (χ4v) is 3.22. The maximum Gasteiger partial charge on any atom is 0.0522 e. The fraction of sp³-hybridized carbons (Fsp3) is 0.750. The number of aromatic nitrogens is 2. The van der Waals surface area contributed by atoms with Gasteiger partial charge in [-0.2, -0.15) is 16.9 Å². The number of nitrogens with zero attached hydrogens (tertiary/aromatic N) is 1. The molecule has 0 saturated carbocycles. The van der Waals surface area contributed by atoms with E-state index in [2.05, 4.69) is 34.2 Å². The molecule has 0 atom stereocenters. The Morgan fingerprint density at radius 3 is 3.00 bits per heavy atom. The molecule has 1 fully saturated rings. The fourth-order valence-electron chi connectivity index (χ4n) is 2.11. The third-order valence-corrected chi connectivity index (χ3v) is 4.26. The van der Waals surface area contributed by atoms with Crippen LogP contribution in [0, 0.1) is 6.92 Å². The van der Waals surface area contributed by atoms with E-state index in [0.717, 1.165) is 19.0 Å². The van der Waals surface area contributed by atoms with Crippen molar-refractivity contribution in [1.82, 2.24) is 15.5 Å². The summed E-state index contributed by atoms with van der Waals surface area (Å²) in [4.78, 5) is 0. The summed E-state index contributed by atoms with van der Waals surface area (Å²) < 4.78 is 0. The van der Waals surface area contributed by atoms with Gasteiger partial charge >= 0.3 is 0 Å². The third kappa shape index (κ3) is 3.52. The van der Waals surface area contributed by atoms with Crippen LogP contribution >= 0.6 is 11.8 Å². The van der Waals surface area contributed by atoms with Gasteiger partial charge in [-0.1, -0.05) is 0 Å². The number of thioether (sulfide) groups is 1. The van der Waals surface area contributed by atoms with E-state index in [1.54, 1.807) is 0 Å². The Morgan fingerprint density at radius 1 is 1.50 bits per heavy atom. The summed E-state index contributed by atoms with van der Waals surface area (Å²) >= 11 is 2.09. The summed E-state index contributed by atoms with van der Waals surface area (Å²) in [7, 11) is 0. The lowest BCUT2D eigenvalue weighted by molar-refractivity contribution is 0.477. The van der Waals surface area contributed by atoms with Crippen molar-refractivity contribution < 1.29 is 0 Å². The largest absolute Gasteiger partial charge is 0.314 e. The molecule has 0 spiro atoms. The number of rotatable bonds is 5. The summed E-state index contributed by atoms with van der Waals surface area (Å²) in [5, 5.41) is 10.7. The molecule has 0 bridgehead atoms. The van der Waals surface area contributed by atoms with Crippen molar-refractivity contribution in [3.05, 3.63) is 17.5 Å². The highest BCUT2D eigenvalue weighted by atomic mass is 32.2. The minimum absolute atomic E-state index is 0.770. The van der Waals surface area contributed by atoms with Gasteiger partial charge in [-0.05, 0) is 56.2 Å². The van der Waals surface area contributed by atoms with Gasteiger partial charge < -0.3 is 5.32 Å². The normalized spacial score (nSPS) is 17.8. The van der Waals surface area contributed by atoms with Gasteiger partial charge in [0.15, 0.2) is 0 Å². The molecule has 3 nitrogen and oxygen atoms in total. The van der Waals surface area contributed by atoms with Crippen molar-refractivity contribution >= 4 is 11.8 Å². The number of H-pyrrole nitrogens is 1. The van der Waals surface area contributed by atoms with Crippen LogP contribution in [-0.2, 0) is 6.42 Å². The van der Waals surface area contributed by atoms with Crippen LogP contribution in [-0.4, -0.2) is 34.3 Å². The summed E-state index contributed by atoms with van der Waals surface area (Å²) in [5.74, 6) is 2.66. The number of aromatic amines is 1. The minimum atomic E-state index is 0.770. The van der Waals surface area contributed by atoms with Crippen LogP contribution < -0.4 is 5.32 Å². The van der Waals surface area contributed by atoms with Gasteiger partial charge in [-0.3, -0.25) is 5.10 Å². The molecule has 0 amide bonds. The van der Waals surface area contributed by atoms with Crippen molar-refractivity contribution in [2.45, 2.75) is 38.6 Å². The van der Waals surface area contributed by atoms with Crippen LogP contribution in [0.15, 0.2) is 6.20 Å². The van der Waals surface area contributed by atoms with E-state index in [1.165, 1.54) is 42.0 Å². The van der Waals surface area contributed by atoms with Crippen LogP contribution in [0.5, 0.6) is 0 Å². The number of aryl methyl sites for hydroxylation is 2. The molecule has 2 rings (SSSR count). The zero-order valence-corrected chi connectivity index (χ0v) is 10.8. The van der Waals surface area contributed by atoms with E-state index in [4.69, 9.17) is 0 Å². The SMILES string of the molecule is Cc1[nH]ncc1CCCNC1CCSCC1. The van der Waals surface area contributed by atoms with Gasteiger partial charge in [0.1, 0.15) is 0 Å². The number of hydrogen-bond acceptors (Lipinski definition) is 3. The maximum absolute atomic E-state index is 4.04. The summed E-state index contributed by atoms with van der Waals surface area (Å²) in [6.07, 6.45) is 6.98. The van der Waals surface area contributed by atoms with Crippen LogP contribution in [0.1, 0.15) is 30.5 Å². The topological polar surface area (TPSA) is 40.7 Å².